The third kappa shape index (κ3) is 3.27. The Morgan fingerprint density at radius 3 is 2.17 bits per heavy atom. The molecule has 0 amide bonds. The Bertz CT molecular complexity index is 230. The maximum atomic E-state index is 11.6. The predicted octanol–water partition coefficient (Wildman–Crippen LogP) is 2.70. The fourth-order valence-corrected chi connectivity index (χ4v) is 0.665. The molecule has 0 aromatic heterocycles. The predicted molar refractivity (Wildman–Crippen MR) is 39.4 cm³/mol. The van der Waals surface area contributed by atoms with Crippen LogP contribution in [0, 0.1) is 6.54 Å². The van der Waals surface area contributed by atoms with Gasteiger partial charge in [0.15, 0.2) is 0 Å². The summed E-state index contributed by atoms with van der Waals surface area (Å²) in [5.41, 5.74) is 0.370. The number of benzene rings is 1. The Morgan fingerprint density at radius 1 is 1.08 bits per heavy atom. The summed E-state index contributed by atoms with van der Waals surface area (Å²) in [7, 11) is 0. The summed E-state index contributed by atoms with van der Waals surface area (Å²) in [6.07, 6.45) is -4.41. The SMILES string of the molecule is FC(F)(F)[C]Nc1ccccc1. The second-order valence-electron chi connectivity index (χ2n) is 2.11. The van der Waals surface area contributed by atoms with E-state index >= 15 is 0 Å². The highest BCUT2D eigenvalue weighted by atomic mass is 19.4. The van der Waals surface area contributed by atoms with Crippen molar-refractivity contribution in [3.8, 4) is 0 Å². The summed E-state index contributed by atoms with van der Waals surface area (Å²) < 4.78 is 34.7. The molecule has 0 heterocycles. The highest BCUT2D eigenvalue weighted by Crippen LogP contribution is 2.19. The van der Waals surface area contributed by atoms with Gasteiger partial charge in [-0.1, -0.05) is 18.2 Å². The second kappa shape index (κ2) is 3.47. The molecule has 0 bridgehead atoms. The molecule has 1 aromatic rings. The molecule has 0 aliphatic rings. The number of para-hydroxylation sites is 1. The fourth-order valence-electron chi connectivity index (χ4n) is 0.665. The average Bonchev–Trinajstić information content (AvgIpc) is 2.02. The van der Waals surface area contributed by atoms with Crippen molar-refractivity contribution in [3.63, 3.8) is 0 Å². The van der Waals surface area contributed by atoms with Gasteiger partial charge in [0.05, 0.1) is 0 Å². The van der Waals surface area contributed by atoms with Crippen LogP contribution in [0.2, 0.25) is 0 Å². The van der Waals surface area contributed by atoms with Crippen molar-refractivity contribution in [1.82, 2.24) is 0 Å². The van der Waals surface area contributed by atoms with E-state index in [9.17, 15) is 13.2 Å². The minimum absolute atomic E-state index is 0.370. The van der Waals surface area contributed by atoms with Crippen LogP contribution in [0.5, 0.6) is 0 Å². The molecule has 0 aliphatic carbocycles. The van der Waals surface area contributed by atoms with Crippen LogP contribution >= 0.6 is 0 Å². The Morgan fingerprint density at radius 2 is 1.67 bits per heavy atom. The molecule has 0 saturated heterocycles. The molecule has 0 spiro atoms. The van der Waals surface area contributed by atoms with E-state index in [-0.39, 0.29) is 0 Å². The topological polar surface area (TPSA) is 12.0 Å². The van der Waals surface area contributed by atoms with Crippen molar-refractivity contribution in [1.29, 1.82) is 0 Å². The lowest BCUT2D eigenvalue weighted by atomic mass is 10.3. The summed E-state index contributed by atoms with van der Waals surface area (Å²) in [4.78, 5) is 0. The van der Waals surface area contributed by atoms with Crippen LogP contribution in [0.15, 0.2) is 30.3 Å². The average molecular weight is 173 g/mol. The molecular formula is C8H6F3N. The molecule has 1 rings (SSSR count). The van der Waals surface area contributed by atoms with Crippen LogP contribution in [-0.2, 0) is 0 Å². The summed E-state index contributed by atoms with van der Waals surface area (Å²) in [6, 6.07) is 8.05. The molecule has 1 aromatic carbocycles. The first kappa shape index (κ1) is 8.90. The molecule has 1 nitrogen and oxygen atoms in total. The first-order valence-electron chi connectivity index (χ1n) is 3.23. The van der Waals surface area contributed by atoms with Gasteiger partial charge in [-0.15, -0.1) is 0 Å². The Labute approximate surface area is 68.2 Å². The quantitative estimate of drug-likeness (QED) is 0.678. The molecule has 0 atom stereocenters. The van der Waals surface area contributed by atoms with Crippen LogP contribution in [0.4, 0.5) is 18.9 Å². The maximum absolute atomic E-state index is 11.6. The number of alkyl halides is 3. The lowest BCUT2D eigenvalue weighted by Gasteiger charge is -2.06. The van der Waals surface area contributed by atoms with E-state index in [0.29, 0.717) is 5.69 Å². The van der Waals surface area contributed by atoms with Gasteiger partial charge < -0.3 is 5.32 Å². The minimum atomic E-state index is -4.41. The van der Waals surface area contributed by atoms with Gasteiger partial charge in [0.25, 0.3) is 0 Å². The molecule has 2 radical (unpaired) electrons. The molecular weight excluding hydrogens is 167 g/mol. The van der Waals surface area contributed by atoms with E-state index in [1.807, 2.05) is 5.32 Å². The molecule has 1 N–H and O–H groups in total. The Hall–Kier alpha value is -1.19. The molecule has 4 heteroatoms. The molecule has 0 fully saturated rings. The van der Waals surface area contributed by atoms with E-state index in [4.69, 9.17) is 0 Å². The van der Waals surface area contributed by atoms with Crippen LogP contribution in [-0.4, -0.2) is 6.18 Å². The smallest absolute Gasteiger partial charge is 0.367 e. The number of anilines is 1. The maximum Gasteiger partial charge on any atom is 0.417 e. The normalized spacial score (nSPS) is 11.2. The molecule has 0 unspecified atom stereocenters. The first-order chi connectivity index (χ1) is 5.58. The van der Waals surface area contributed by atoms with Gasteiger partial charge in [-0.25, -0.2) is 0 Å². The van der Waals surface area contributed by atoms with Crippen LogP contribution in [0.25, 0.3) is 0 Å². The summed E-state index contributed by atoms with van der Waals surface area (Å²) in [5.74, 6) is 0. The fraction of sp³-hybridized carbons (Fsp3) is 0.125. The number of hydrogen-bond acceptors (Lipinski definition) is 1. The van der Waals surface area contributed by atoms with E-state index in [1.54, 1.807) is 18.2 Å². The number of hydrogen-bond donors (Lipinski definition) is 1. The van der Waals surface area contributed by atoms with Crippen LogP contribution in [0.3, 0.4) is 0 Å². The van der Waals surface area contributed by atoms with Crippen LogP contribution in [0.1, 0.15) is 0 Å². The first-order valence-corrected chi connectivity index (χ1v) is 3.23. The summed E-state index contributed by atoms with van der Waals surface area (Å²) in [6.45, 7) is 1.19. The Balaban J connectivity index is 2.44. The van der Waals surface area contributed by atoms with Crippen LogP contribution < -0.4 is 5.32 Å². The van der Waals surface area contributed by atoms with Crippen molar-refractivity contribution < 1.29 is 13.2 Å². The van der Waals surface area contributed by atoms with Gasteiger partial charge in [-0.3, -0.25) is 0 Å². The van der Waals surface area contributed by atoms with Crippen molar-refractivity contribution in [2.75, 3.05) is 5.32 Å². The van der Waals surface area contributed by atoms with Gasteiger partial charge in [0.1, 0.15) is 0 Å². The highest BCUT2D eigenvalue weighted by Gasteiger charge is 2.28. The zero-order valence-electron chi connectivity index (χ0n) is 6.02. The number of halogens is 3. The minimum Gasteiger partial charge on any atom is -0.367 e. The van der Waals surface area contributed by atoms with Crippen molar-refractivity contribution in [2.45, 2.75) is 6.18 Å². The monoisotopic (exact) mass is 173 g/mol. The Kier molecular flexibility index (Phi) is 2.58. The third-order valence-corrected chi connectivity index (χ3v) is 1.12. The molecule has 64 valence electrons. The second-order valence-corrected chi connectivity index (χ2v) is 2.11. The standard InChI is InChI=1S/C8H6F3N/c9-8(10,11)6-12-7-4-2-1-3-5-7/h1-5,12H. The van der Waals surface area contributed by atoms with Gasteiger partial charge in [0, 0.05) is 5.69 Å². The van der Waals surface area contributed by atoms with Gasteiger partial charge in [-0.2, -0.15) is 13.2 Å². The lowest BCUT2D eigenvalue weighted by Crippen LogP contribution is -2.14. The summed E-state index contributed by atoms with van der Waals surface area (Å²) in [5, 5.41) is 2.01. The zero-order valence-corrected chi connectivity index (χ0v) is 6.02. The highest BCUT2D eigenvalue weighted by molar-refractivity contribution is 5.44. The molecule has 12 heavy (non-hydrogen) atoms. The van der Waals surface area contributed by atoms with E-state index in [0.717, 1.165) is 0 Å². The van der Waals surface area contributed by atoms with E-state index in [2.05, 4.69) is 0 Å². The zero-order chi connectivity index (χ0) is 9.03. The molecule has 0 saturated carbocycles. The summed E-state index contributed by atoms with van der Waals surface area (Å²) >= 11 is 0. The van der Waals surface area contributed by atoms with Crippen molar-refractivity contribution in [3.05, 3.63) is 36.9 Å². The van der Waals surface area contributed by atoms with Gasteiger partial charge in [0.2, 0.25) is 6.54 Å². The largest absolute Gasteiger partial charge is 0.417 e. The number of nitrogens with one attached hydrogen (secondary N) is 1. The van der Waals surface area contributed by atoms with Crippen molar-refractivity contribution in [2.24, 2.45) is 0 Å². The van der Waals surface area contributed by atoms with Gasteiger partial charge in [-0.05, 0) is 12.1 Å². The molecule has 0 aliphatic heterocycles. The number of rotatable bonds is 2. The van der Waals surface area contributed by atoms with E-state index < -0.39 is 6.18 Å². The van der Waals surface area contributed by atoms with E-state index in [1.165, 1.54) is 18.7 Å². The lowest BCUT2D eigenvalue weighted by molar-refractivity contribution is -0.0942. The van der Waals surface area contributed by atoms with Gasteiger partial charge >= 0.3 is 6.18 Å². The third-order valence-electron chi connectivity index (χ3n) is 1.12. The van der Waals surface area contributed by atoms with Crippen molar-refractivity contribution >= 4 is 5.69 Å².